The van der Waals surface area contributed by atoms with E-state index >= 15 is 0 Å². The van der Waals surface area contributed by atoms with Gasteiger partial charge in [-0.3, -0.25) is 4.79 Å². The molecular weight excluding hydrogens is 282 g/mol. The van der Waals surface area contributed by atoms with Gasteiger partial charge in [-0.05, 0) is 36.5 Å². The first kappa shape index (κ1) is 16.5. The largest absolute Gasteiger partial charge is 0.478 e. The average molecular weight is 305 g/mol. The van der Waals surface area contributed by atoms with Crippen LogP contribution in [0, 0.1) is 5.92 Å². The quantitative estimate of drug-likeness (QED) is 0.847. The van der Waals surface area contributed by atoms with Crippen molar-refractivity contribution < 1.29 is 19.4 Å². The number of nitrogens with one attached hydrogen (secondary N) is 1. The number of carboxylic acid groups (broad SMARTS) is 1. The van der Waals surface area contributed by atoms with E-state index in [9.17, 15) is 9.59 Å². The number of hydrogen-bond acceptors (Lipinski definition) is 3. The number of carboxylic acids is 1. The van der Waals surface area contributed by atoms with E-state index in [0.717, 1.165) is 18.4 Å². The van der Waals surface area contributed by atoms with Crippen LogP contribution in [0.1, 0.15) is 48.5 Å². The molecule has 2 rings (SSSR count). The summed E-state index contributed by atoms with van der Waals surface area (Å²) in [6.45, 7) is 2.54. The second-order valence-electron chi connectivity index (χ2n) is 5.89. The molecule has 22 heavy (non-hydrogen) atoms. The van der Waals surface area contributed by atoms with Crippen LogP contribution in [0.4, 0.5) is 0 Å². The van der Waals surface area contributed by atoms with Crippen LogP contribution >= 0.6 is 0 Å². The molecule has 0 heterocycles. The fourth-order valence-electron chi connectivity index (χ4n) is 2.78. The molecule has 1 aliphatic rings. The lowest BCUT2D eigenvalue weighted by molar-refractivity contribution is -0.129. The Morgan fingerprint density at radius 3 is 2.82 bits per heavy atom. The molecule has 1 aliphatic carbocycles. The van der Waals surface area contributed by atoms with E-state index in [1.807, 2.05) is 0 Å². The molecule has 2 N–H and O–H groups in total. The lowest BCUT2D eigenvalue weighted by Crippen LogP contribution is -2.32. The number of aromatic carboxylic acids is 1. The summed E-state index contributed by atoms with van der Waals surface area (Å²) < 4.78 is 5.70. The maximum absolute atomic E-state index is 11.8. The molecule has 1 aromatic rings. The second kappa shape index (κ2) is 7.94. The highest BCUT2D eigenvalue weighted by Crippen LogP contribution is 2.26. The summed E-state index contributed by atoms with van der Waals surface area (Å²) in [6.07, 6.45) is 4.77. The van der Waals surface area contributed by atoms with Crippen molar-refractivity contribution in [2.24, 2.45) is 5.92 Å². The van der Waals surface area contributed by atoms with Gasteiger partial charge in [0.15, 0.2) is 0 Å². The maximum Gasteiger partial charge on any atom is 0.335 e. The average Bonchev–Trinajstić information content (AvgIpc) is 2.52. The first-order chi connectivity index (χ1) is 10.6. The first-order valence-electron chi connectivity index (χ1n) is 7.77. The zero-order valence-electron chi connectivity index (χ0n) is 12.9. The summed E-state index contributed by atoms with van der Waals surface area (Å²) in [6, 6.07) is 6.55. The third kappa shape index (κ3) is 4.84. The standard InChI is InChI=1S/C17H23NO4/c1-12-5-2-3-8-15(12)22-11-16(19)18-10-13-6-4-7-14(9-13)17(20)21/h4,6-7,9,12,15H,2-3,5,8,10-11H2,1H3,(H,18,19)(H,20,21). The number of hydrogen-bond donors (Lipinski definition) is 2. The molecule has 0 aromatic heterocycles. The van der Waals surface area contributed by atoms with Gasteiger partial charge in [-0.2, -0.15) is 0 Å². The Hall–Kier alpha value is -1.88. The fourth-order valence-corrected chi connectivity index (χ4v) is 2.78. The molecule has 0 bridgehead atoms. The number of benzene rings is 1. The van der Waals surface area contributed by atoms with Crippen LogP contribution in [0.5, 0.6) is 0 Å². The predicted octanol–water partition coefficient (Wildman–Crippen LogP) is 2.60. The van der Waals surface area contributed by atoms with Crippen molar-refractivity contribution in [1.82, 2.24) is 5.32 Å². The summed E-state index contributed by atoms with van der Waals surface area (Å²) in [5.74, 6) is -0.630. The predicted molar refractivity (Wildman–Crippen MR) is 82.6 cm³/mol. The summed E-state index contributed by atoms with van der Waals surface area (Å²) in [7, 11) is 0. The minimum absolute atomic E-state index is 0.0631. The Labute approximate surface area is 130 Å². The number of ether oxygens (including phenoxy) is 1. The van der Waals surface area contributed by atoms with Gasteiger partial charge in [0.1, 0.15) is 6.61 Å². The molecule has 0 aliphatic heterocycles. The summed E-state index contributed by atoms with van der Waals surface area (Å²) in [4.78, 5) is 22.7. The third-order valence-corrected chi connectivity index (χ3v) is 4.12. The Kier molecular flexibility index (Phi) is 5.95. The summed E-state index contributed by atoms with van der Waals surface area (Å²) in [5.41, 5.74) is 0.985. The molecule has 1 saturated carbocycles. The van der Waals surface area contributed by atoms with E-state index in [2.05, 4.69) is 12.2 Å². The van der Waals surface area contributed by atoms with Crippen LogP contribution < -0.4 is 5.32 Å². The van der Waals surface area contributed by atoms with Gasteiger partial charge in [-0.25, -0.2) is 4.79 Å². The van der Waals surface area contributed by atoms with Gasteiger partial charge in [0.25, 0.3) is 0 Å². The normalized spacial score (nSPS) is 21.3. The maximum atomic E-state index is 11.8. The van der Waals surface area contributed by atoms with E-state index < -0.39 is 5.97 Å². The van der Waals surface area contributed by atoms with Crippen LogP contribution in [-0.4, -0.2) is 29.7 Å². The van der Waals surface area contributed by atoms with Gasteiger partial charge < -0.3 is 15.2 Å². The zero-order chi connectivity index (χ0) is 15.9. The van der Waals surface area contributed by atoms with Crippen molar-refractivity contribution in [2.45, 2.75) is 45.3 Å². The molecule has 5 nitrogen and oxygen atoms in total. The number of carbonyl (C=O) groups excluding carboxylic acids is 1. The molecule has 0 spiro atoms. The lowest BCUT2D eigenvalue weighted by atomic mass is 9.88. The van der Waals surface area contributed by atoms with Gasteiger partial charge in [0, 0.05) is 6.54 Å². The Balaban J connectivity index is 1.75. The fraction of sp³-hybridized carbons (Fsp3) is 0.529. The molecule has 1 fully saturated rings. The zero-order valence-corrected chi connectivity index (χ0v) is 12.9. The van der Waals surface area contributed by atoms with Crippen LogP contribution in [-0.2, 0) is 16.1 Å². The van der Waals surface area contributed by atoms with E-state index in [1.165, 1.54) is 18.9 Å². The minimum atomic E-state index is -0.970. The molecule has 0 radical (unpaired) electrons. The molecule has 2 unspecified atom stereocenters. The molecule has 1 amide bonds. The highest BCUT2D eigenvalue weighted by Gasteiger charge is 2.22. The summed E-state index contributed by atoms with van der Waals surface area (Å²) >= 11 is 0. The SMILES string of the molecule is CC1CCCCC1OCC(=O)NCc1cccc(C(=O)O)c1. The van der Waals surface area contributed by atoms with E-state index in [-0.39, 0.29) is 24.2 Å². The van der Waals surface area contributed by atoms with Gasteiger partial charge in [-0.15, -0.1) is 0 Å². The highest BCUT2D eigenvalue weighted by atomic mass is 16.5. The van der Waals surface area contributed by atoms with Crippen LogP contribution in [0.25, 0.3) is 0 Å². The van der Waals surface area contributed by atoms with Crippen molar-refractivity contribution in [2.75, 3.05) is 6.61 Å². The van der Waals surface area contributed by atoms with Gasteiger partial charge in [-0.1, -0.05) is 31.9 Å². The van der Waals surface area contributed by atoms with Crippen molar-refractivity contribution in [3.8, 4) is 0 Å². The van der Waals surface area contributed by atoms with E-state index in [4.69, 9.17) is 9.84 Å². The van der Waals surface area contributed by atoms with Crippen molar-refractivity contribution in [1.29, 1.82) is 0 Å². The monoisotopic (exact) mass is 305 g/mol. The first-order valence-corrected chi connectivity index (χ1v) is 7.77. The van der Waals surface area contributed by atoms with E-state index in [1.54, 1.807) is 18.2 Å². The third-order valence-electron chi connectivity index (χ3n) is 4.12. The van der Waals surface area contributed by atoms with Crippen LogP contribution in [0.3, 0.4) is 0 Å². The molecule has 120 valence electrons. The second-order valence-corrected chi connectivity index (χ2v) is 5.89. The van der Waals surface area contributed by atoms with Crippen molar-refractivity contribution in [3.05, 3.63) is 35.4 Å². The number of amides is 1. The van der Waals surface area contributed by atoms with Gasteiger partial charge in [0.05, 0.1) is 11.7 Å². The highest BCUT2D eigenvalue weighted by molar-refractivity contribution is 5.87. The smallest absolute Gasteiger partial charge is 0.335 e. The molecule has 1 aromatic carbocycles. The number of carbonyl (C=O) groups is 2. The van der Waals surface area contributed by atoms with E-state index in [0.29, 0.717) is 12.5 Å². The molecule has 5 heteroatoms. The molecular formula is C17H23NO4. The molecule has 0 saturated heterocycles. The van der Waals surface area contributed by atoms with Gasteiger partial charge >= 0.3 is 5.97 Å². The van der Waals surface area contributed by atoms with Crippen molar-refractivity contribution >= 4 is 11.9 Å². The van der Waals surface area contributed by atoms with Crippen LogP contribution in [0.15, 0.2) is 24.3 Å². The Morgan fingerprint density at radius 2 is 2.09 bits per heavy atom. The summed E-state index contributed by atoms with van der Waals surface area (Å²) in [5, 5.41) is 11.7. The van der Waals surface area contributed by atoms with Gasteiger partial charge in [0.2, 0.25) is 5.91 Å². The van der Waals surface area contributed by atoms with Crippen LogP contribution in [0.2, 0.25) is 0 Å². The number of rotatable bonds is 6. The van der Waals surface area contributed by atoms with Crippen molar-refractivity contribution in [3.63, 3.8) is 0 Å². The Bertz CT molecular complexity index is 529. The minimum Gasteiger partial charge on any atom is -0.478 e. The topological polar surface area (TPSA) is 75.6 Å². The Morgan fingerprint density at radius 1 is 1.32 bits per heavy atom. The molecule has 2 atom stereocenters. The lowest BCUT2D eigenvalue weighted by Gasteiger charge is -2.28.